The Bertz CT molecular complexity index is 847. The number of aromatic nitrogens is 2. The number of aromatic amines is 1. The number of benzene rings is 2. The normalized spacial score (nSPS) is 14.6. The summed E-state index contributed by atoms with van der Waals surface area (Å²) in [5.74, 6) is 1.62. The van der Waals surface area contributed by atoms with Gasteiger partial charge >= 0.3 is 0 Å². The van der Waals surface area contributed by atoms with Crippen molar-refractivity contribution in [1.29, 1.82) is 0 Å². The highest BCUT2D eigenvalue weighted by Gasteiger charge is 2.26. The van der Waals surface area contributed by atoms with Gasteiger partial charge in [0.1, 0.15) is 10.5 Å². The first kappa shape index (κ1) is 11.8. The summed E-state index contributed by atoms with van der Waals surface area (Å²) in [6.07, 6.45) is 2.44. The molecule has 0 radical (unpaired) electrons. The molecular weight excluding hydrogens is 264 g/mol. The molecule has 2 aromatic carbocycles. The molecule has 0 aliphatic heterocycles. The highest BCUT2D eigenvalue weighted by molar-refractivity contribution is 7.71. The van der Waals surface area contributed by atoms with E-state index in [1.54, 1.807) is 0 Å². The predicted molar refractivity (Wildman–Crippen MR) is 84.3 cm³/mol. The SMILES string of the molecule is S=c1cc(-c2ccc3ccccc3c2)[nH]c(C2CC2)n1. The lowest BCUT2D eigenvalue weighted by Crippen LogP contribution is -1.95. The molecule has 0 unspecified atom stereocenters. The molecule has 2 nitrogen and oxygen atoms in total. The summed E-state index contributed by atoms with van der Waals surface area (Å²) < 4.78 is 0.675. The van der Waals surface area contributed by atoms with Crippen LogP contribution in [0.2, 0.25) is 0 Å². The van der Waals surface area contributed by atoms with Crippen LogP contribution in [0.3, 0.4) is 0 Å². The van der Waals surface area contributed by atoms with E-state index in [0.717, 1.165) is 11.5 Å². The minimum Gasteiger partial charge on any atom is -0.343 e. The van der Waals surface area contributed by atoms with Crippen molar-refractivity contribution in [3.8, 4) is 11.3 Å². The highest BCUT2D eigenvalue weighted by Crippen LogP contribution is 2.38. The van der Waals surface area contributed by atoms with E-state index in [2.05, 4.69) is 52.4 Å². The van der Waals surface area contributed by atoms with E-state index in [-0.39, 0.29) is 0 Å². The summed E-state index contributed by atoms with van der Waals surface area (Å²) >= 11 is 5.30. The fraction of sp³-hybridized carbons (Fsp3) is 0.176. The lowest BCUT2D eigenvalue weighted by Gasteiger charge is -2.07. The van der Waals surface area contributed by atoms with Gasteiger partial charge in [-0.15, -0.1) is 0 Å². The number of H-pyrrole nitrogens is 1. The third-order valence-electron chi connectivity index (χ3n) is 3.79. The zero-order chi connectivity index (χ0) is 13.5. The lowest BCUT2D eigenvalue weighted by molar-refractivity contribution is 0.924. The second kappa shape index (κ2) is 4.53. The Balaban J connectivity index is 1.87. The van der Waals surface area contributed by atoms with Crippen molar-refractivity contribution in [2.75, 3.05) is 0 Å². The first-order chi connectivity index (χ1) is 9.79. The zero-order valence-corrected chi connectivity index (χ0v) is 11.8. The Hall–Kier alpha value is -2.00. The van der Waals surface area contributed by atoms with Gasteiger partial charge in [0.25, 0.3) is 0 Å². The molecular formula is C17H14N2S. The quantitative estimate of drug-likeness (QED) is 0.680. The molecule has 1 aliphatic rings. The maximum Gasteiger partial charge on any atom is 0.130 e. The zero-order valence-electron chi connectivity index (χ0n) is 11.0. The van der Waals surface area contributed by atoms with Gasteiger partial charge in [-0.25, -0.2) is 4.98 Å². The van der Waals surface area contributed by atoms with Crippen molar-refractivity contribution in [2.45, 2.75) is 18.8 Å². The molecule has 1 heterocycles. The van der Waals surface area contributed by atoms with Gasteiger partial charge in [0.15, 0.2) is 0 Å². The molecule has 1 aromatic heterocycles. The van der Waals surface area contributed by atoms with Crippen molar-refractivity contribution in [1.82, 2.24) is 9.97 Å². The minimum absolute atomic E-state index is 0.581. The van der Waals surface area contributed by atoms with E-state index in [9.17, 15) is 0 Å². The van der Waals surface area contributed by atoms with E-state index < -0.39 is 0 Å². The second-order valence-corrected chi connectivity index (χ2v) is 5.77. The van der Waals surface area contributed by atoms with Crippen molar-refractivity contribution in [3.05, 3.63) is 59.0 Å². The number of hydrogen-bond acceptors (Lipinski definition) is 2. The summed E-state index contributed by atoms with van der Waals surface area (Å²) in [7, 11) is 0. The van der Waals surface area contributed by atoms with Gasteiger partial charge in [0.2, 0.25) is 0 Å². The fourth-order valence-corrected chi connectivity index (χ4v) is 2.76. The van der Waals surface area contributed by atoms with Crippen LogP contribution in [0.1, 0.15) is 24.6 Å². The second-order valence-electron chi connectivity index (χ2n) is 5.35. The van der Waals surface area contributed by atoms with Gasteiger partial charge in [0, 0.05) is 11.6 Å². The van der Waals surface area contributed by atoms with Crippen LogP contribution in [-0.4, -0.2) is 9.97 Å². The van der Waals surface area contributed by atoms with Crippen molar-refractivity contribution >= 4 is 23.0 Å². The van der Waals surface area contributed by atoms with E-state index in [1.165, 1.54) is 29.2 Å². The Morgan fingerprint density at radius 3 is 2.60 bits per heavy atom. The first-order valence-electron chi connectivity index (χ1n) is 6.90. The van der Waals surface area contributed by atoms with Gasteiger partial charge < -0.3 is 4.98 Å². The summed E-state index contributed by atoms with van der Waals surface area (Å²) in [6, 6.07) is 16.8. The highest BCUT2D eigenvalue weighted by atomic mass is 32.1. The average molecular weight is 278 g/mol. The summed E-state index contributed by atoms with van der Waals surface area (Å²) in [5.41, 5.74) is 2.23. The Morgan fingerprint density at radius 1 is 1.00 bits per heavy atom. The molecule has 0 atom stereocenters. The van der Waals surface area contributed by atoms with Crippen LogP contribution in [0.15, 0.2) is 48.5 Å². The van der Waals surface area contributed by atoms with Gasteiger partial charge in [-0.05, 0) is 41.3 Å². The molecule has 3 aromatic rings. The number of fused-ring (bicyclic) bond motifs is 1. The molecule has 0 spiro atoms. The molecule has 98 valence electrons. The monoisotopic (exact) mass is 278 g/mol. The van der Waals surface area contributed by atoms with Crippen LogP contribution >= 0.6 is 12.2 Å². The van der Waals surface area contributed by atoms with Crippen molar-refractivity contribution in [2.24, 2.45) is 0 Å². The predicted octanol–water partition coefficient (Wildman–Crippen LogP) is 4.84. The van der Waals surface area contributed by atoms with Gasteiger partial charge in [0.05, 0.1) is 0 Å². The molecule has 1 aliphatic carbocycles. The van der Waals surface area contributed by atoms with Gasteiger partial charge in [-0.3, -0.25) is 0 Å². The van der Waals surface area contributed by atoms with Gasteiger partial charge in [-0.2, -0.15) is 0 Å². The maximum absolute atomic E-state index is 5.30. The number of nitrogens with one attached hydrogen (secondary N) is 1. The molecule has 0 amide bonds. The smallest absolute Gasteiger partial charge is 0.130 e. The standard InChI is InChI=1S/C17H14N2S/c20-16-10-15(18-17(19-16)12-6-7-12)14-8-5-11-3-1-2-4-13(11)9-14/h1-5,8-10,12H,6-7H2,(H,18,19,20). The third kappa shape index (κ3) is 2.14. The molecule has 20 heavy (non-hydrogen) atoms. The topological polar surface area (TPSA) is 28.7 Å². The molecule has 1 fully saturated rings. The van der Waals surface area contributed by atoms with E-state index in [1.807, 2.05) is 6.07 Å². The van der Waals surface area contributed by atoms with E-state index in [4.69, 9.17) is 12.2 Å². The summed E-state index contributed by atoms with van der Waals surface area (Å²) in [5, 5.41) is 2.50. The number of nitrogens with zero attached hydrogens (tertiary/aromatic N) is 1. The summed E-state index contributed by atoms with van der Waals surface area (Å²) in [6.45, 7) is 0. The van der Waals surface area contributed by atoms with Crippen molar-refractivity contribution in [3.63, 3.8) is 0 Å². The minimum atomic E-state index is 0.581. The van der Waals surface area contributed by atoms with Crippen LogP contribution in [0.25, 0.3) is 22.0 Å². The molecule has 0 bridgehead atoms. The van der Waals surface area contributed by atoms with Crippen LogP contribution in [0, 0.1) is 4.64 Å². The Kier molecular flexibility index (Phi) is 2.67. The fourth-order valence-electron chi connectivity index (χ4n) is 2.54. The third-order valence-corrected chi connectivity index (χ3v) is 3.99. The largest absolute Gasteiger partial charge is 0.343 e. The molecule has 1 N–H and O–H groups in total. The molecule has 1 saturated carbocycles. The van der Waals surface area contributed by atoms with Gasteiger partial charge in [-0.1, -0.05) is 48.6 Å². The van der Waals surface area contributed by atoms with E-state index >= 15 is 0 Å². The van der Waals surface area contributed by atoms with Crippen LogP contribution in [-0.2, 0) is 0 Å². The van der Waals surface area contributed by atoms with Crippen molar-refractivity contribution < 1.29 is 0 Å². The van der Waals surface area contributed by atoms with E-state index in [0.29, 0.717) is 10.6 Å². The molecule has 0 saturated heterocycles. The maximum atomic E-state index is 5.30. The first-order valence-corrected chi connectivity index (χ1v) is 7.31. The summed E-state index contributed by atoms with van der Waals surface area (Å²) in [4.78, 5) is 7.89. The average Bonchev–Trinajstić information content (AvgIpc) is 3.31. The lowest BCUT2D eigenvalue weighted by atomic mass is 10.0. The number of hydrogen-bond donors (Lipinski definition) is 1. The van der Waals surface area contributed by atoms with Crippen LogP contribution in [0.4, 0.5) is 0 Å². The molecule has 3 heteroatoms. The Morgan fingerprint density at radius 2 is 1.80 bits per heavy atom. The Labute approximate surface area is 122 Å². The van der Waals surface area contributed by atoms with Crippen LogP contribution in [0.5, 0.6) is 0 Å². The number of rotatable bonds is 2. The molecule has 4 rings (SSSR count). The van der Waals surface area contributed by atoms with Crippen LogP contribution < -0.4 is 0 Å².